The lowest BCUT2D eigenvalue weighted by Gasteiger charge is -2.23. The monoisotopic (exact) mass is 426 g/mol. The third-order valence-electron chi connectivity index (χ3n) is 4.35. The molecule has 1 atom stereocenters. The normalized spacial score (nSPS) is 17.3. The minimum absolute atomic E-state index is 0. The number of hydrogen-bond acceptors (Lipinski definition) is 3. The second kappa shape index (κ2) is 9.12. The fraction of sp³-hybridized carbons (Fsp3) is 0.529. The van der Waals surface area contributed by atoms with Gasteiger partial charge in [-0.05, 0) is 51.4 Å². The molecule has 1 saturated heterocycles. The Balaban J connectivity index is 0.00000182. The Labute approximate surface area is 167 Å². The summed E-state index contributed by atoms with van der Waals surface area (Å²) in [7, 11) is 0. The summed E-state index contributed by atoms with van der Waals surface area (Å²) in [4.78, 5) is 16.1. The zero-order valence-corrected chi connectivity index (χ0v) is 16.6. The van der Waals surface area contributed by atoms with Crippen LogP contribution < -0.4 is 10.6 Å². The predicted molar refractivity (Wildman–Crippen MR) is 103 cm³/mol. The van der Waals surface area contributed by atoms with E-state index in [4.69, 9.17) is 0 Å². The number of alkyl halides is 3. The molecule has 2 heterocycles. The van der Waals surface area contributed by atoms with Crippen molar-refractivity contribution in [3.05, 3.63) is 29.6 Å². The molecule has 1 aromatic heterocycles. The Morgan fingerprint density at radius 2 is 2.04 bits per heavy atom. The Morgan fingerprint density at radius 3 is 2.59 bits per heavy atom. The highest BCUT2D eigenvalue weighted by atomic mass is 35.5. The summed E-state index contributed by atoms with van der Waals surface area (Å²) in [6.07, 6.45) is -2.67. The van der Waals surface area contributed by atoms with E-state index in [1.807, 2.05) is 0 Å². The molecule has 0 bridgehead atoms. The van der Waals surface area contributed by atoms with Crippen molar-refractivity contribution < 1.29 is 18.0 Å². The molecule has 2 aromatic rings. The van der Waals surface area contributed by atoms with Crippen LogP contribution >= 0.6 is 24.8 Å². The van der Waals surface area contributed by atoms with Gasteiger partial charge >= 0.3 is 6.18 Å². The number of carbonyl (C=O) groups is 1. The van der Waals surface area contributed by atoms with Gasteiger partial charge in [-0.3, -0.25) is 4.79 Å². The van der Waals surface area contributed by atoms with Gasteiger partial charge in [0.15, 0.2) is 0 Å². The van der Waals surface area contributed by atoms with Gasteiger partial charge < -0.3 is 15.2 Å². The standard InChI is InChI=1S/C17H21F3N4O.2ClH/c1-10(2)24-14-6-5-11(8-13(14)23-16(24)17(18,19)20)15(25)22-12-4-3-7-21-9-12;;/h5-6,8,10,12,21H,3-4,7,9H2,1-2H3,(H,22,25);2*1H/t12-;;/m0../s1. The van der Waals surface area contributed by atoms with Crippen LogP contribution in [0.5, 0.6) is 0 Å². The summed E-state index contributed by atoms with van der Waals surface area (Å²) in [5.41, 5.74) is 0.869. The zero-order chi connectivity index (χ0) is 18.2. The van der Waals surface area contributed by atoms with Crippen molar-refractivity contribution in [2.24, 2.45) is 0 Å². The molecule has 1 aliphatic rings. The molecule has 27 heavy (non-hydrogen) atoms. The van der Waals surface area contributed by atoms with Crippen LogP contribution in [0, 0.1) is 0 Å². The molecule has 0 radical (unpaired) electrons. The quantitative estimate of drug-likeness (QED) is 0.780. The van der Waals surface area contributed by atoms with Gasteiger partial charge in [-0.25, -0.2) is 4.98 Å². The highest BCUT2D eigenvalue weighted by Crippen LogP contribution is 2.33. The third kappa shape index (κ3) is 5.06. The molecule has 2 N–H and O–H groups in total. The van der Waals surface area contributed by atoms with Crippen LogP contribution in [0.2, 0.25) is 0 Å². The minimum atomic E-state index is -4.54. The van der Waals surface area contributed by atoms with Crippen molar-refractivity contribution in [3.63, 3.8) is 0 Å². The van der Waals surface area contributed by atoms with E-state index in [2.05, 4.69) is 15.6 Å². The number of piperidine rings is 1. The lowest BCUT2D eigenvalue weighted by atomic mass is 10.1. The number of benzene rings is 1. The van der Waals surface area contributed by atoms with Gasteiger partial charge in [0.05, 0.1) is 11.0 Å². The van der Waals surface area contributed by atoms with Gasteiger partial charge in [0.2, 0.25) is 5.82 Å². The van der Waals surface area contributed by atoms with Crippen LogP contribution in [0.25, 0.3) is 11.0 Å². The number of hydrogen-bond donors (Lipinski definition) is 2. The molecule has 0 saturated carbocycles. The second-order valence-electron chi connectivity index (χ2n) is 6.62. The van der Waals surface area contributed by atoms with Crippen LogP contribution in [0.3, 0.4) is 0 Å². The lowest BCUT2D eigenvalue weighted by molar-refractivity contribution is -0.147. The summed E-state index contributed by atoms with van der Waals surface area (Å²) >= 11 is 0. The molecule has 5 nitrogen and oxygen atoms in total. The number of fused-ring (bicyclic) bond motifs is 1. The van der Waals surface area contributed by atoms with E-state index in [-0.39, 0.29) is 42.3 Å². The van der Waals surface area contributed by atoms with Crippen LogP contribution in [-0.4, -0.2) is 34.6 Å². The van der Waals surface area contributed by atoms with Crippen molar-refractivity contribution in [1.29, 1.82) is 0 Å². The van der Waals surface area contributed by atoms with E-state index >= 15 is 0 Å². The molecule has 0 spiro atoms. The topological polar surface area (TPSA) is 59.0 Å². The third-order valence-corrected chi connectivity index (χ3v) is 4.35. The summed E-state index contributed by atoms with van der Waals surface area (Å²) < 4.78 is 40.9. The average molecular weight is 427 g/mol. The van der Waals surface area contributed by atoms with Crippen molar-refractivity contribution >= 4 is 41.8 Å². The summed E-state index contributed by atoms with van der Waals surface area (Å²) in [6.45, 7) is 4.99. The maximum Gasteiger partial charge on any atom is 0.449 e. The number of rotatable bonds is 3. The minimum Gasteiger partial charge on any atom is -0.348 e. The zero-order valence-electron chi connectivity index (χ0n) is 15.0. The van der Waals surface area contributed by atoms with Crippen LogP contribution in [-0.2, 0) is 6.18 Å². The molecule has 1 fully saturated rings. The number of aromatic nitrogens is 2. The number of nitrogens with one attached hydrogen (secondary N) is 2. The first-order valence-corrected chi connectivity index (χ1v) is 8.38. The van der Waals surface area contributed by atoms with Crippen molar-refractivity contribution in [2.45, 2.75) is 44.9 Å². The van der Waals surface area contributed by atoms with Gasteiger partial charge in [-0.1, -0.05) is 0 Å². The maximum atomic E-state index is 13.2. The molecule has 1 amide bonds. The van der Waals surface area contributed by atoms with Gasteiger partial charge in [0, 0.05) is 24.2 Å². The Bertz CT molecular complexity index is 786. The molecular weight excluding hydrogens is 404 g/mol. The summed E-state index contributed by atoms with van der Waals surface area (Å²) in [5, 5.41) is 6.12. The van der Waals surface area contributed by atoms with Crippen molar-refractivity contribution in [2.75, 3.05) is 13.1 Å². The summed E-state index contributed by atoms with van der Waals surface area (Å²) in [6, 6.07) is 4.15. The second-order valence-corrected chi connectivity index (χ2v) is 6.62. The molecule has 0 aliphatic carbocycles. The Hall–Kier alpha value is -1.51. The smallest absolute Gasteiger partial charge is 0.348 e. The Morgan fingerprint density at radius 1 is 1.33 bits per heavy atom. The van der Waals surface area contributed by atoms with Crippen molar-refractivity contribution in [1.82, 2.24) is 20.2 Å². The van der Waals surface area contributed by atoms with Crippen LogP contribution in [0.15, 0.2) is 18.2 Å². The molecule has 3 rings (SSSR count). The van der Waals surface area contributed by atoms with E-state index in [0.717, 1.165) is 24.0 Å². The molecular formula is C17H23Cl2F3N4O. The molecule has 1 aliphatic heterocycles. The number of carbonyl (C=O) groups excluding carboxylic acids is 1. The van der Waals surface area contributed by atoms with Crippen molar-refractivity contribution in [3.8, 4) is 0 Å². The Kier molecular flexibility index (Phi) is 7.95. The fourth-order valence-electron chi connectivity index (χ4n) is 3.21. The van der Waals surface area contributed by atoms with E-state index < -0.39 is 18.0 Å². The highest BCUT2D eigenvalue weighted by Gasteiger charge is 2.38. The first-order chi connectivity index (χ1) is 11.8. The van der Waals surface area contributed by atoms with E-state index in [1.54, 1.807) is 19.9 Å². The predicted octanol–water partition coefficient (Wildman–Crippen LogP) is 3.96. The summed E-state index contributed by atoms with van der Waals surface area (Å²) in [5.74, 6) is -1.23. The highest BCUT2D eigenvalue weighted by molar-refractivity contribution is 5.97. The number of imidazole rings is 1. The molecule has 0 unspecified atom stereocenters. The number of halogens is 5. The van der Waals surface area contributed by atoms with E-state index in [1.165, 1.54) is 12.1 Å². The van der Waals surface area contributed by atoms with Crippen LogP contribution in [0.1, 0.15) is 48.9 Å². The average Bonchev–Trinajstić information content (AvgIpc) is 2.94. The largest absolute Gasteiger partial charge is 0.449 e. The number of amides is 1. The van der Waals surface area contributed by atoms with Gasteiger partial charge in [-0.2, -0.15) is 13.2 Å². The maximum absolute atomic E-state index is 13.2. The van der Waals surface area contributed by atoms with Gasteiger partial charge in [0.1, 0.15) is 0 Å². The first kappa shape index (κ1) is 23.5. The van der Waals surface area contributed by atoms with E-state index in [0.29, 0.717) is 17.6 Å². The van der Waals surface area contributed by atoms with Crippen LogP contribution in [0.4, 0.5) is 13.2 Å². The molecule has 10 heteroatoms. The van der Waals surface area contributed by atoms with Gasteiger partial charge in [0.25, 0.3) is 5.91 Å². The SMILES string of the molecule is CC(C)n1c(C(F)(F)F)nc2cc(C(=O)N[C@H]3CCCNC3)ccc21.Cl.Cl. The van der Waals surface area contributed by atoms with E-state index in [9.17, 15) is 18.0 Å². The van der Waals surface area contributed by atoms with Gasteiger partial charge in [-0.15, -0.1) is 24.8 Å². The first-order valence-electron chi connectivity index (χ1n) is 8.38. The fourth-order valence-corrected chi connectivity index (χ4v) is 3.21. The molecule has 1 aromatic carbocycles. The molecule has 152 valence electrons. The number of nitrogens with zero attached hydrogens (tertiary/aromatic N) is 2. The lowest BCUT2D eigenvalue weighted by Crippen LogP contribution is -2.45.